The molecule has 27 heavy (non-hydrogen) atoms. The van der Waals surface area contributed by atoms with E-state index in [1.54, 1.807) is 26.2 Å². The molecule has 138 valence electrons. The minimum absolute atomic E-state index is 0.0174. The molecule has 0 bridgehead atoms. The van der Waals surface area contributed by atoms with Crippen LogP contribution in [0.2, 0.25) is 0 Å². The average molecular weight is 363 g/mol. The van der Waals surface area contributed by atoms with Gasteiger partial charge in [0.15, 0.2) is 0 Å². The number of rotatable bonds is 4. The number of hydrogen-bond donors (Lipinski definition) is 1. The van der Waals surface area contributed by atoms with Crippen LogP contribution in [0.4, 0.5) is 0 Å². The van der Waals surface area contributed by atoms with E-state index in [-0.39, 0.29) is 23.8 Å². The van der Waals surface area contributed by atoms with E-state index in [4.69, 9.17) is 15.2 Å². The lowest BCUT2D eigenvalue weighted by Crippen LogP contribution is -2.48. The summed E-state index contributed by atoms with van der Waals surface area (Å²) >= 11 is 0. The van der Waals surface area contributed by atoms with E-state index in [2.05, 4.69) is 12.1 Å². The topological polar surface area (TPSA) is 109 Å². The average Bonchev–Trinajstić information content (AvgIpc) is 3.16. The Labute approximate surface area is 158 Å². The molecule has 0 aliphatic heterocycles. The molecule has 3 atom stereocenters. The molecule has 2 N–H and O–H groups in total. The van der Waals surface area contributed by atoms with Crippen LogP contribution in [0.25, 0.3) is 0 Å². The molecule has 0 saturated carbocycles. The van der Waals surface area contributed by atoms with Crippen molar-refractivity contribution in [2.75, 3.05) is 13.7 Å². The van der Waals surface area contributed by atoms with Gasteiger partial charge in [-0.25, -0.2) is 4.79 Å². The molecule has 2 aliphatic rings. The molecule has 6 nitrogen and oxygen atoms in total. The number of fused-ring (bicyclic) bond motifs is 1. The van der Waals surface area contributed by atoms with Crippen molar-refractivity contribution < 1.29 is 14.3 Å². The fraction of sp³-hybridized carbons (Fsp3) is 0.381. The van der Waals surface area contributed by atoms with Crippen LogP contribution < -0.4 is 10.5 Å². The van der Waals surface area contributed by atoms with Crippen LogP contribution in [-0.4, -0.2) is 19.7 Å². The number of carbonyl (C=O) groups excluding carboxylic acids is 1. The molecule has 0 heterocycles. The molecule has 1 aromatic carbocycles. The van der Waals surface area contributed by atoms with Gasteiger partial charge >= 0.3 is 5.97 Å². The Morgan fingerprint density at radius 2 is 2.04 bits per heavy atom. The van der Waals surface area contributed by atoms with E-state index in [1.165, 1.54) is 0 Å². The Morgan fingerprint density at radius 3 is 2.59 bits per heavy atom. The predicted molar refractivity (Wildman–Crippen MR) is 98.0 cm³/mol. The van der Waals surface area contributed by atoms with Crippen molar-refractivity contribution in [3.05, 3.63) is 52.7 Å². The second kappa shape index (κ2) is 7.17. The molecule has 0 aromatic heterocycles. The van der Waals surface area contributed by atoms with E-state index >= 15 is 0 Å². The fourth-order valence-corrected chi connectivity index (χ4v) is 4.26. The van der Waals surface area contributed by atoms with E-state index in [0.717, 1.165) is 24.0 Å². The summed E-state index contributed by atoms with van der Waals surface area (Å²) in [5.41, 5.74) is 6.42. The number of carbonyl (C=O) groups is 1. The number of esters is 1. The molecular weight excluding hydrogens is 342 g/mol. The summed E-state index contributed by atoms with van der Waals surface area (Å²) in [6.07, 6.45) is 3.50. The Kier molecular flexibility index (Phi) is 4.92. The van der Waals surface area contributed by atoms with Gasteiger partial charge in [0.1, 0.15) is 11.8 Å². The second-order valence-corrected chi connectivity index (χ2v) is 6.63. The minimum Gasteiger partial charge on any atom is -0.497 e. The van der Waals surface area contributed by atoms with E-state index in [9.17, 15) is 15.3 Å². The molecule has 2 aliphatic carbocycles. The first-order valence-electron chi connectivity index (χ1n) is 8.88. The van der Waals surface area contributed by atoms with Gasteiger partial charge < -0.3 is 15.2 Å². The van der Waals surface area contributed by atoms with Crippen molar-refractivity contribution in [3.8, 4) is 17.9 Å². The Bertz CT molecular complexity index is 902. The molecule has 0 radical (unpaired) electrons. The molecule has 6 heteroatoms. The zero-order chi connectivity index (χ0) is 19.6. The van der Waals surface area contributed by atoms with Crippen molar-refractivity contribution in [2.24, 2.45) is 17.1 Å². The number of nitrogens with two attached hydrogens (primary N) is 1. The number of methoxy groups -OCH3 is 1. The third kappa shape index (κ3) is 2.65. The lowest BCUT2D eigenvalue weighted by Gasteiger charge is -2.42. The van der Waals surface area contributed by atoms with E-state index in [0.29, 0.717) is 5.75 Å². The van der Waals surface area contributed by atoms with Crippen LogP contribution in [0.5, 0.6) is 5.75 Å². The summed E-state index contributed by atoms with van der Waals surface area (Å²) in [4.78, 5) is 13.0. The van der Waals surface area contributed by atoms with Gasteiger partial charge in [-0.05, 0) is 49.0 Å². The van der Waals surface area contributed by atoms with Crippen LogP contribution in [0.1, 0.15) is 31.2 Å². The number of allylic oxidation sites excluding steroid dienone is 3. The highest BCUT2D eigenvalue weighted by Crippen LogP contribution is 2.57. The third-order valence-electron chi connectivity index (χ3n) is 5.45. The van der Waals surface area contributed by atoms with Gasteiger partial charge in [-0.3, -0.25) is 0 Å². The van der Waals surface area contributed by atoms with Crippen LogP contribution >= 0.6 is 0 Å². The Hall–Kier alpha value is -3.25. The highest BCUT2D eigenvalue weighted by atomic mass is 16.5. The second-order valence-electron chi connectivity index (χ2n) is 6.63. The number of nitriles is 2. The van der Waals surface area contributed by atoms with Crippen molar-refractivity contribution in [1.29, 1.82) is 10.5 Å². The highest BCUT2D eigenvalue weighted by molar-refractivity contribution is 5.87. The maximum atomic E-state index is 13.0. The van der Waals surface area contributed by atoms with Gasteiger partial charge in [0.05, 0.1) is 31.1 Å². The van der Waals surface area contributed by atoms with Crippen molar-refractivity contribution >= 4 is 5.97 Å². The number of ether oxygens (including phenoxy) is 2. The predicted octanol–water partition coefficient (Wildman–Crippen LogP) is 2.94. The summed E-state index contributed by atoms with van der Waals surface area (Å²) in [7, 11) is 1.57. The number of nitrogens with zero attached hydrogens (tertiary/aromatic N) is 2. The first-order valence-corrected chi connectivity index (χ1v) is 8.88. The Morgan fingerprint density at radius 1 is 1.33 bits per heavy atom. The largest absolute Gasteiger partial charge is 0.497 e. The summed E-state index contributed by atoms with van der Waals surface area (Å²) in [6, 6.07) is 11.5. The molecule has 3 rings (SSSR count). The van der Waals surface area contributed by atoms with Gasteiger partial charge in [0.25, 0.3) is 0 Å². The molecule has 0 saturated heterocycles. The summed E-state index contributed by atoms with van der Waals surface area (Å²) in [5.74, 6) is -0.705. The van der Waals surface area contributed by atoms with Crippen molar-refractivity contribution in [1.82, 2.24) is 0 Å². The van der Waals surface area contributed by atoms with Gasteiger partial charge in [0, 0.05) is 5.92 Å². The summed E-state index contributed by atoms with van der Waals surface area (Å²) < 4.78 is 10.5. The zero-order valence-corrected chi connectivity index (χ0v) is 15.4. The third-order valence-corrected chi connectivity index (χ3v) is 5.45. The standard InChI is InChI=1S/C21H21N3O3/c1-3-27-20(25)21(12-23)18(13-7-9-14(26-2)10-8-13)16-6-4-5-15(16)17(11-22)19(21)24/h5,7-10,16,18H,3-4,6,24H2,1-2H3/t16-,18-,21+/m1/s1. The lowest BCUT2D eigenvalue weighted by molar-refractivity contribution is -0.152. The molecule has 0 unspecified atom stereocenters. The Balaban J connectivity index is 2.28. The quantitative estimate of drug-likeness (QED) is 0.824. The van der Waals surface area contributed by atoms with Gasteiger partial charge in [-0.2, -0.15) is 10.5 Å². The van der Waals surface area contributed by atoms with E-state index < -0.39 is 17.3 Å². The molecule has 1 aromatic rings. The fourth-order valence-electron chi connectivity index (χ4n) is 4.26. The lowest BCUT2D eigenvalue weighted by atomic mass is 9.58. The first-order chi connectivity index (χ1) is 13.0. The number of benzene rings is 1. The van der Waals surface area contributed by atoms with Crippen molar-refractivity contribution in [2.45, 2.75) is 25.7 Å². The molecule has 0 fully saturated rings. The molecule has 0 spiro atoms. The minimum atomic E-state index is -1.73. The van der Waals surface area contributed by atoms with Gasteiger partial charge in [-0.15, -0.1) is 0 Å². The highest BCUT2D eigenvalue weighted by Gasteiger charge is 2.59. The molecular formula is C21H21N3O3. The normalized spacial score (nSPS) is 26.4. The maximum Gasteiger partial charge on any atom is 0.333 e. The zero-order valence-electron chi connectivity index (χ0n) is 15.4. The van der Waals surface area contributed by atoms with Gasteiger partial charge in [0.2, 0.25) is 5.41 Å². The van der Waals surface area contributed by atoms with Crippen molar-refractivity contribution in [3.63, 3.8) is 0 Å². The van der Waals surface area contributed by atoms with Crippen LogP contribution in [-0.2, 0) is 9.53 Å². The van der Waals surface area contributed by atoms with Crippen LogP contribution in [0, 0.1) is 34.0 Å². The monoisotopic (exact) mass is 363 g/mol. The SMILES string of the molecule is CCOC(=O)[C@]1(C#N)C(N)=C(C#N)C2=CCC[C@H]2[C@H]1c1ccc(OC)cc1. The van der Waals surface area contributed by atoms with Crippen LogP contribution in [0.3, 0.4) is 0 Å². The van der Waals surface area contributed by atoms with E-state index in [1.807, 2.05) is 18.2 Å². The van der Waals surface area contributed by atoms with Crippen LogP contribution in [0.15, 0.2) is 47.2 Å². The smallest absolute Gasteiger partial charge is 0.333 e. The summed E-state index contributed by atoms with van der Waals surface area (Å²) in [6.45, 7) is 1.81. The number of hydrogen-bond acceptors (Lipinski definition) is 6. The molecule has 0 amide bonds. The maximum absolute atomic E-state index is 13.0. The van der Waals surface area contributed by atoms with Gasteiger partial charge in [-0.1, -0.05) is 18.2 Å². The summed E-state index contributed by atoms with van der Waals surface area (Å²) in [5, 5.41) is 19.8. The first kappa shape index (κ1) is 18.5.